The quantitative estimate of drug-likeness (QED) is 0.628. The number of aromatic amines is 1. The lowest BCUT2D eigenvalue weighted by atomic mass is 10.2. The molecule has 0 saturated carbocycles. The number of rotatable bonds is 2. The average molecular weight is 246 g/mol. The van der Waals surface area contributed by atoms with Gasteiger partial charge in [-0.1, -0.05) is 29.8 Å². The number of carbonyl (C=O) groups excluding carboxylic acids is 1. The molecular formula is C12H8ClN3O. The molecular weight excluding hydrogens is 238 g/mol. The average Bonchev–Trinajstić information content (AvgIpc) is 2.63. The molecule has 0 spiro atoms. The van der Waals surface area contributed by atoms with E-state index < -0.39 is 5.91 Å². The Hall–Kier alpha value is -2.25. The highest BCUT2D eigenvalue weighted by molar-refractivity contribution is 6.37. The molecule has 0 saturated heterocycles. The van der Waals surface area contributed by atoms with E-state index >= 15 is 0 Å². The summed E-state index contributed by atoms with van der Waals surface area (Å²) in [6.07, 6.45) is 1.35. The van der Waals surface area contributed by atoms with Crippen LogP contribution >= 0.6 is 11.6 Å². The second-order valence-electron chi connectivity index (χ2n) is 3.43. The molecule has 0 bridgehead atoms. The number of carbonyl (C=O) groups is 1. The third-order valence-electron chi connectivity index (χ3n) is 2.34. The van der Waals surface area contributed by atoms with Crippen molar-refractivity contribution in [1.29, 1.82) is 5.26 Å². The highest BCUT2D eigenvalue weighted by atomic mass is 35.5. The Labute approximate surface area is 102 Å². The molecule has 0 radical (unpaired) electrons. The van der Waals surface area contributed by atoms with E-state index in [1.165, 1.54) is 6.08 Å². The standard InChI is InChI=1S/C12H8ClN3O/c13-11-8-3-1-2-4-9(8)16-10(11)5-7(6-14)12(15)17/h1-5,16H,(H2,15,17)/b7-5+. The zero-order valence-electron chi connectivity index (χ0n) is 8.70. The van der Waals surface area contributed by atoms with Crippen LogP contribution in [0.2, 0.25) is 5.02 Å². The van der Waals surface area contributed by atoms with Gasteiger partial charge in [-0.25, -0.2) is 0 Å². The fraction of sp³-hybridized carbons (Fsp3) is 0. The maximum Gasteiger partial charge on any atom is 0.259 e. The molecule has 3 N–H and O–H groups in total. The van der Waals surface area contributed by atoms with Crippen LogP contribution in [0, 0.1) is 11.3 Å². The first-order valence-electron chi connectivity index (χ1n) is 4.81. The molecule has 0 fully saturated rings. The van der Waals surface area contributed by atoms with Gasteiger partial charge in [0.15, 0.2) is 0 Å². The summed E-state index contributed by atoms with van der Waals surface area (Å²) in [6, 6.07) is 9.15. The summed E-state index contributed by atoms with van der Waals surface area (Å²) in [5, 5.41) is 10.0. The highest BCUT2D eigenvalue weighted by Crippen LogP contribution is 2.28. The van der Waals surface area contributed by atoms with Gasteiger partial charge in [-0.15, -0.1) is 0 Å². The molecule has 0 aliphatic carbocycles. The molecule has 5 heteroatoms. The predicted octanol–water partition coefficient (Wildman–Crippen LogP) is 2.21. The Bertz CT molecular complexity index is 664. The fourth-order valence-corrected chi connectivity index (χ4v) is 1.80. The fourth-order valence-electron chi connectivity index (χ4n) is 1.53. The summed E-state index contributed by atoms with van der Waals surface area (Å²) in [5.74, 6) is -0.776. The van der Waals surface area contributed by atoms with E-state index in [9.17, 15) is 4.79 Å². The van der Waals surface area contributed by atoms with Crippen LogP contribution in [0.4, 0.5) is 0 Å². The first-order valence-corrected chi connectivity index (χ1v) is 5.19. The second-order valence-corrected chi connectivity index (χ2v) is 3.81. The van der Waals surface area contributed by atoms with Crippen molar-refractivity contribution in [2.24, 2.45) is 5.73 Å². The van der Waals surface area contributed by atoms with Crippen molar-refractivity contribution in [3.05, 3.63) is 40.6 Å². The van der Waals surface area contributed by atoms with Gasteiger partial charge in [0.2, 0.25) is 0 Å². The van der Waals surface area contributed by atoms with E-state index in [-0.39, 0.29) is 5.57 Å². The van der Waals surface area contributed by atoms with Gasteiger partial charge in [-0.3, -0.25) is 4.79 Å². The Balaban J connectivity index is 2.61. The zero-order chi connectivity index (χ0) is 12.4. The molecule has 1 aromatic heterocycles. The van der Waals surface area contributed by atoms with Crippen molar-refractivity contribution in [3.8, 4) is 6.07 Å². The molecule has 1 heterocycles. The van der Waals surface area contributed by atoms with Gasteiger partial charge in [-0.05, 0) is 12.1 Å². The van der Waals surface area contributed by atoms with Crippen molar-refractivity contribution in [2.75, 3.05) is 0 Å². The van der Waals surface area contributed by atoms with Gasteiger partial charge in [0.05, 0.1) is 10.7 Å². The molecule has 0 aliphatic rings. The second kappa shape index (κ2) is 4.32. The summed E-state index contributed by atoms with van der Waals surface area (Å²) in [6.45, 7) is 0. The van der Waals surface area contributed by atoms with Crippen LogP contribution in [-0.2, 0) is 4.79 Å². The minimum atomic E-state index is -0.776. The van der Waals surface area contributed by atoms with Gasteiger partial charge in [0, 0.05) is 10.9 Å². The SMILES string of the molecule is N#C/C(=C\c1[nH]c2ccccc2c1Cl)C(N)=O. The summed E-state index contributed by atoms with van der Waals surface area (Å²) < 4.78 is 0. The first-order chi connectivity index (χ1) is 8.13. The molecule has 0 atom stereocenters. The van der Waals surface area contributed by atoms with E-state index in [1.54, 1.807) is 6.07 Å². The Morgan fingerprint density at radius 3 is 2.76 bits per heavy atom. The molecule has 2 aromatic rings. The topological polar surface area (TPSA) is 82.7 Å². The number of hydrogen-bond donors (Lipinski definition) is 2. The third kappa shape index (κ3) is 2.01. The van der Waals surface area contributed by atoms with Gasteiger partial charge in [0.1, 0.15) is 11.6 Å². The number of halogens is 1. The van der Waals surface area contributed by atoms with E-state index in [4.69, 9.17) is 22.6 Å². The normalized spacial score (nSPS) is 11.4. The minimum absolute atomic E-state index is 0.140. The number of primary amides is 1. The predicted molar refractivity (Wildman–Crippen MR) is 66.1 cm³/mol. The Morgan fingerprint density at radius 2 is 2.18 bits per heavy atom. The maximum atomic E-state index is 10.9. The van der Waals surface area contributed by atoms with E-state index in [0.717, 1.165) is 10.9 Å². The summed E-state index contributed by atoms with van der Waals surface area (Å²) in [7, 11) is 0. The number of nitriles is 1. The molecule has 84 valence electrons. The number of nitrogens with one attached hydrogen (secondary N) is 1. The number of fused-ring (bicyclic) bond motifs is 1. The molecule has 4 nitrogen and oxygen atoms in total. The zero-order valence-corrected chi connectivity index (χ0v) is 9.45. The smallest absolute Gasteiger partial charge is 0.259 e. The van der Waals surface area contributed by atoms with Crippen LogP contribution < -0.4 is 5.73 Å². The van der Waals surface area contributed by atoms with Gasteiger partial charge in [0.25, 0.3) is 5.91 Å². The number of hydrogen-bond acceptors (Lipinski definition) is 2. The molecule has 1 aromatic carbocycles. The van der Waals surface area contributed by atoms with Crippen LogP contribution in [0.1, 0.15) is 5.69 Å². The first kappa shape index (κ1) is 11.2. The van der Waals surface area contributed by atoms with E-state index in [1.807, 2.05) is 24.3 Å². The lowest BCUT2D eigenvalue weighted by molar-refractivity contribution is -0.114. The maximum absolute atomic E-state index is 10.9. The van der Waals surface area contributed by atoms with Crippen LogP contribution in [0.5, 0.6) is 0 Å². The lowest BCUT2D eigenvalue weighted by Crippen LogP contribution is -2.12. The van der Waals surface area contributed by atoms with Crippen LogP contribution in [0.25, 0.3) is 17.0 Å². The van der Waals surface area contributed by atoms with E-state index in [0.29, 0.717) is 10.7 Å². The number of para-hydroxylation sites is 1. The number of nitrogens with zero attached hydrogens (tertiary/aromatic N) is 1. The Kier molecular flexibility index (Phi) is 2.86. The van der Waals surface area contributed by atoms with Gasteiger partial charge >= 0.3 is 0 Å². The highest BCUT2D eigenvalue weighted by Gasteiger charge is 2.10. The van der Waals surface area contributed by atoms with Crippen molar-refractivity contribution in [2.45, 2.75) is 0 Å². The number of amides is 1. The van der Waals surface area contributed by atoms with Gasteiger partial charge < -0.3 is 10.7 Å². The molecule has 1 amide bonds. The van der Waals surface area contributed by atoms with Crippen LogP contribution in [-0.4, -0.2) is 10.9 Å². The van der Waals surface area contributed by atoms with Crippen molar-refractivity contribution >= 4 is 34.5 Å². The lowest BCUT2D eigenvalue weighted by Gasteiger charge is -1.91. The number of benzene rings is 1. The van der Waals surface area contributed by atoms with Crippen molar-refractivity contribution in [1.82, 2.24) is 4.98 Å². The monoisotopic (exact) mass is 245 g/mol. The minimum Gasteiger partial charge on any atom is -0.365 e. The summed E-state index contributed by atoms with van der Waals surface area (Å²) >= 11 is 6.13. The van der Waals surface area contributed by atoms with E-state index in [2.05, 4.69) is 4.98 Å². The van der Waals surface area contributed by atoms with Gasteiger partial charge in [-0.2, -0.15) is 5.26 Å². The summed E-state index contributed by atoms with van der Waals surface area (Å²) in [5.41, 5.74) is 6.25. The largest absolute Gasteiger partial charge is 0.365 e. The Morgan fingerprint density at radius 1 is 1.47 bits per heavy atom. The molecule has 0 aliphatic heterocycles. The summed E-state index contributed by atoms with van der Waals surface area (Å²) in [4.78, 5) is 14.0. The number of aromatic nitrogens is 1. The number of H-pyrrole nitrogens is 1. The van der Waals surface area contributed by atoms with Crippen LogP contribution in [0.3, 0.4) is 0 Å². The van der Waals surface area contributed by atoms with Crippen molar-refractivity contribution < 1.29 is 4.79 Å². The molecule has 2 rings (SSSR count). The van der Waals surface area contributed by atoms with Crippen LogP contribution in [0.15, 0.2) is 29.8 Å². The molecule has 0 unspecified atom stereocenters. The third-order valence-corrected chi connectivity index (χ3v) is 2.75. The number of nitrogens with two attached hydrogens (primary N) is 1. The molecule has 17 heavy (non-hydrogen) atoms. The van der Waals surface area contributed by atoms with Crippen molar-refractivity contribution in [3.63, 3.8) is 0 Å².